The molecule has 0 aromatic rings. The summed E-state index contributed by atoms with van der Waals surface area (Å²) in [5.74, 6) is 0. The third kappa shape index (κ3) is 3.07. The molecule has 0 aliphatic carbocycles. The summed E-state index contributed by atoms with van der Waals surface area (Å²) in [6, 6.07) is 0. The lowest BCUT2D eigenvalue weighted by Crippen LogP contribution is -2.24. The van der Waals surface area contributed by atoms with Gasteiger partial charge in [0.15, 0.2) is 0 Å². The summed E-state index contributed by atoms with van der Waals surface area (Å²) >= 11 is 3.40. The molecule has 11 heavy (non-hydrogen) atoms. The van der Waals surface area contributed by atoms with E-state index in [-0.39, 0.29) is 0 Å². The lowest BCUT2D eigenvalue weighted by Gasteiger charge is -2.16. The Kier molecular flexibility index (Phi) is 3.78. The first-order valence-corrected chi connectivity index (χ1v) is 5.41. The SMILES string of the molecule is CC(O)C(O)CC1SC=CS1. The van der Waals surface area contributed by atoms with Gasteiger partial charge in [-0.15, -0.1) is 23.5 Å². The summed E-state index contributed by atoms with van der Waals surface area (Å²) < 4.78 is 0.389. The van der Waals surface area contributed by atoms with Crippen LogP contribution in [0, 0.1) is 0 Å². The largest absolute Gasteiger partial charge is 0.391 e. The van der Waals surface area contributed by atoms with Crippen molar-refractivity contribution in [3.63, 3.8) is 0 Å². The zero-order chi connectivity index (χ0) is 8.27. The van der Waals surface area contributed by atoms with Crippen LogP contribution >= 0.6 is 23.5 Å². The van der Waals surface area contributed by atoms with E-state index in [0.717, 1.165) is 0 Å². The van der Waals surface area contributed by atoms with Crippen LogP contribution in [0.3, 0.4) is 0 Å². The summed E-state index contributed by atoms with van der Waals surface area (Å²) in [5.41, 5.74) is 0. The molecule has 64 valence electrons. The first kappa shape index (κ1) is 9.45. The normalized spacial score (nSPS) is 23.9. The first-order valence-electron chi connectivity index (χ1n) is 3.52. The molecule has 1 aliphatic heterocycles. The summed E-state index contributed by atoms with van der Waals surface area (Å²) in [6.45, 7) is 1.61. The highest BCUT2D eigenvalue weighted by Crippen LogP contribution is 2.36. The zero-order valence-corrected chi connectivity index (χ0v) is 7.94. The van der Waals surface area contributed by atoms with Crippen molar-refractivity contribution in [2.24, 2.45) is 0 Å². The molecule has 1 rings (SSSR count). The van der Waals surface area contributed by atoms with Gasteiger partial charge in [0.2, 0.25) is 0 Å². The Balaban J connectivity index is 2.20. The number of hydrogen-bond donors (Lipinski definition) is 2. The van der Waals surface area contributed by atoms with Gasteiger partial charge in [0, 0.05) is 0 Å². The predicted molar refractivity (Wildman–Crippen MR) is 50.4 cm³/mol. The summed E-state index contributed by atoms with van der Waals surface area (Å²) in [5, 5.41) is 22.3. The van der Waals surface area contributed by atoms with E-state index in [9.17, 15) is 5.11 Å². The van der Waals surface area contributed by atoms with Gasteiger partial charge >= 0.3 is 0 Å². The Morgan fingerprint density at radius 2 is 1.91 bits per heavy atom. The van der Waals surface area contributed by atoms with E-state index >= 15 is 0 Å². The standard InChI is InChI=1S/C7H12O2S2/c1-5(8)6(9)4-7-10-2-3-11-7/h2-3,5-9H,4H2,1H3. The molecule has 2 N–H and O–H groups in total. The monoisotopic (exact) mass is 192 g/mol. The maximum atomic E-state index is 9.28. The fraction of sp³-hybridized carbons (Fsp3) is 0.714. The molecule has 0 saturated carbocycles. The van der Waals surface area contributed by atoms with E-state index in [1.807, 2.05) is 10.8 Å². The number of thioether (sulfide) groups is 2. The molecule has 2 unspecified atom stereocenters. The summed E-state index contributed by atoms with van der Waals surface area (Å²) in [4.78, 5) is 0. The minimum atomic E-state index is -0.614. The van der Waals surface area contributed by atoms with Gasteiger partial charge < -0.3 is 10.2 Å². The maximum Gasteiger partial charge on any atom is 0.0815 e. The number of aliphatic hydroxyl groups is 2. The van der Waals surface area contributed by atoms with Gasteiger partial charge in [-0.25, -0.2) is 0 Å². The van der Waals surface area contributed by atoms with Crippen LogP contribution in [0.1, 0.15) is 13.3 Å². The van der Waals surface area contributed by atoms with Gasteiger partial charge in [-0.1, -0.05) is 0 Å². The molecule has 0 aromatic heterocycles. The Hall–Kier alpha value is 0.360. The van der Waals surface area contributed by atoms with Crippen molar-refractivity contribution in [1.29, 1.82) is 0 Å². The molecule has 0 spiro atoms. The minimum Gasteiger partial charge on any atom is -0.391 e. The third-order valence-electron chi connectivity index (χ3n) is 1.51. The lowest BCUT2D eigenvalue weighted by atomic mass is 10.2. The van der Waals surface area contributed by atoms with Gasteiger partial charge in [0.05, 0.1) is 16.8 Å². The molecule has 0 radical (unpaired) electrons. The van der Waals surface area contributed by atoms with E-state index in [2.05, 4.69) is 0 Å². The van der Waals surface area contributed by atoms with Crippen molar-refractivity contribution in [2.75, 3.05) is 0 Å². The highest BCUT2D eigenvalue weighted by Gasteiger charge is 2.19. The average molecular weight is 192 g/mol. The number of rotatable bonds is 3. The van der Waals surface area contributed by atoms with Crippen molar-refractivity contribution in [3.05, 3.63) is 10.8 Å². The topological polar surface area (TPSA) is 40.5 Å². The molecule has 0 aromatic carbocycles. The highest BCUT2D eigenvalue weighted by atomic mass is 32.2. The van der Waals surface area contributed by atoms with E-state index in [4.69, 9.17) is 5.11 Å². The molecule has 4 heteroatoms. The first-order chi connectivity index (χ1) is 5.20. The van der Waals surface area contributed by atoms with Crippen molar-refractivity contribution in [1.82, 2.24) is 0 Å². The third-order valence-corrected chi connectivity index (χ3v) is 3.92. The van der Waals surface area contributed by atoms with Crippen LogP contribution in [0.5, 0.6) is 0 Å². The summed E-state index contributed by atoms with van der Waals surface area (Å²) in [7, 11) is 0. The van der Waals surface area contributed by atoms with Crippen LogP contribution in [0.2, 0.25) is 0 Å². The van der Waals surface area contributed by atoms with Crippen LogP contribution in [-0.4, -0.2) is 27.0 Å². The molecule has 0 saturated heterocycles. The molecule has 0 fully saturated rings. The van der Waals surface area contributed by atoms with Crippen molar-refractivity contribution in [3.8, 4) is 0 Å². The Bertz CT molecular complexity index is 139. The van der Waals surface area contributed by atoms with Crippen molar-refractivity contribution < 1.29 is 10.2 Å². The predicted octanol–water partition coefficient (Wildman–Crippen LogP) is 1.40. The van der Waals surface area contributed by atoms with Crippen LogP contribution < -0.4 is 0 Å². The Labute approximate surface area is 75.1 Å². The van der Waals surface area contributed by atoms with E-state index in [0.29, 0.717) is 11.0 Å². The van der Waals surface area contributed by atoms with Crippen LogP contribution in [0.15, 0.2) is 10.8 Å². The molecule has 0 bridgehead atoms. The van der Waals surface area contributed by atoms with Crippen LogP contribution in [0.25, 0.3) is 0 Å². The van der Waals surface area contributed by atoms with E-state index < -0.39 is 12.2 Å². The average Bonchev–Trinajstić information content (AvgIpc) is 2.39. The fourth-order valence-corrected chi connectivity index (χ4v) is 2.90. The second kappa shape index (κ2) is 4.40. The fourth-order valence-electron chi connectivity index (χ4n) is 0.777. The molecule has 2 atom stereocenters. The van der Waals surface area contributed by atoms with E-state index in [1.54, 1.807) is 30.4 Å². The number of hydrogen-bond acceptors (Lipinski definition) is 4. The molecule has 2 nitrogen and oxygen atoms in total. The maximum absolute atomic E-state index is 9.28. The van der Waals surface area contributed by atoms with Gasteiger partial charge in [0.25, 0.3) is 0 Å². The minimum absolute atomic E-state index is 0.389. The molecule has 1 aliphatic rings. The second-order valence-electron chi connectivity index (χ2n) is 2.52. The molecular formula is C7H12O2S2. The number of aliphatic hydroxyl groups excluding tert-OH is 2. The lowest BCUT2D eigenvalue weighted by molar-refractivity contribution is 0.0291. The Morgan fingerprint density at radius 3 is 2.36 bits per heavy atom. The van der Waals surface area contributed by atoms with Gasteiger partial charge in [-0.3, -0.25) is 0 Å². The quantitative estimate of drug-likeness (QED) is 0.709. The molecule has 1 heterocycles. The van der Waals surface area contributed by atoms with E-state index in [1.165, 1.54) is 0 Å². The smallest absolute Gasteiger partial charge is 0.0815 e. The molecular weight excluding hydrogens is 180 g/mol. The Morgan fingerprint density at radius 1 is 1.36 bits per heavy atom. The van der Waals surface area contributed by atoms with Crippen molar-refractivity contribution in [2.45, 2.75) is 30.1 Å². The zero-order valence-electron chi connectivity index (χ0n) is 6.30. The van der Waals surface area contributed by atoms with Gasteiger partial charge in [0.1, 0.15) is 0 Å². The molecule has 0 amide bonds. The van der Waals surface area contributed by atoms with Gasteiger partial charge in [-0.2, -0.15) is 0 Å². The van der Waals surface area contributed by atoms with Crippen LogP contribution in [-0.2, 0) is 0 Å². The van der Waals surface area contributed by atoms with Crippen LogP contribution in [0.4, 0.5) is 0 Å². The van der Waals surface area contributed by atoms with Gasteiger partial charge in [-0.05, 0) is 24.2 Å². The second-order valence-corrected chi connectivity index (χ2v) is 5.04. The summed E-state index contributed by atoms with van der Waals surface area (Å²) in [6.07, 6.45) is -0.545. The highest BCUT2D eigenvalue weighted by molar-refractivity contribution is 8.22. The van der Waals surface area contributed by atoms with Crippen molar-refractivity contribution >= 4 is 23.5 Å².